The minimum Gasteiger partial charge on any atom is -0.481 e. The molecule has 2 saturated heterocycles. The van der Waals surface area contributed by atoms with E-state index in [1.165, 1.54) is 5.57 Å². The number of nitrogens with one attached hydrogen (secondary N) is 3. The van der Waals surface area contributed by atoms with Crippen LogP contribution in [0, 0.1) is 0 Å². The van der Waals surface area contributed by atoms with E-state index in [1.54, 1.807) is 28.0 Å². The first-order chi connectivity index (χ1) is 16.5. The number of allylic oxidation sites excluding steroid dienone is 3. The van der Waals surface area contributed by atoms with Crippen LogP contribution in [0.1, 0.15) is 43.7 Å². The SMILES string of the molecule is O=C(O)C[C@@H](c1ccc2[nH]c(=O)oc2c1)N1CCN(CCCC2=CC=C3CCCNC3N2)C1=O. The van der Waals surface area contributed by atoms with Crippen LogP contribution in [0.15, 0.2) is 50.8 Å². The average Bonchev–Trinajstić information content (AvgIpc) is 3.38. The molecule has 0 aliphatic carbocycles. The summed E-state index contributed by atoms with van der Waals surface area (Å²) >= 11 is 0. The number of aliphatic carboxylic acids is 1. The molecular weight excluding hydrogens is 438 g/mol. The van der Waals surface area contributed by atoms with Crippen molar-refractivity contribution in [3.05, 3.63) is 57.7 Å². The Morgan fingerprint density at radius 2 is 2.12 bits per heavy atom. The number of urea groups is 1. The van der Waals surface area contributed by atoms with Crippen LogP contribution in [-0.2, 0) is 4.79 Å². The number of dihydropyridines is 1. The molecule has 10 heteroatoms. The molecule has 1 aromatic heterocycles. The molecule has 2 amide bonds. The lowest BCUT2D eigenvalue weighted by atomic mass is 9.99. The Morgan fingerprint density at radius 1 is 1.24 bits per heavy atom. The normalized spacial score (nSPS) is 21.2. The third-order valence-corrected chi connectivity index (χ3v) is 6.77. The van der Waals surface area contributed by atoms with Gasteiger partial charge in [-0.25, -0.2) is 9.59 Å². The maximum atomic E-state index is 13.2. The average molecular weight is 468 g/mol. The quantitative estimate of drug-likeness (QED) is 0.468. The molecule has 180 valence electrons. The lowest BCUT2D eigenvalue weighted by Gasteiger charge is -2.32. The first-order valence-electron chi connectivity index (χ1n) is 11.8. The molecule has 4 N–H and O–H groups in total. The van der Waals surface area contributed by atoms with Crippen molar-refractivity contribution in [2.24, 2.45) is 0 Å². The van der Waals surface area contributed by atoms with Crippen LogP contribution < -0.4 is 16.4 Å². The van der Waals surface area contributed by atoms with Gasteiger partial charge in [-0.3, -0.25) is 15.1 Å². The first-order valence-corrected chi connectivity index (χ1v) is 11.8. The number of carbonyl (C=O) groups is 2. The number of amides is 2. The summed E-state index contributed by atoms with van der Waals surface area (Å²) in [5, 5.41) is 16.5. The Labute approximate surface area is 196 Å². The maximum Gasteiger partial charge on any atom is 0.417 e. The number of carboxylic acids is 1. The molecule has 0 radical (unpaired) electrons. The van der Waals surface area contributed by atoms with Crippen molar-refractivity contribution in [3.63, 3.8) is 0 Å². The van der Waals surface area contributed by atoms with Crippen molar-refractivity contribution < 1.29 is 19.1 Å². The van der Waals surface area contributed by atoms with Crippen LogP contribution in [0.5, 0.6) is 0 Å². The van der Waals surface area contributed by atoms with Gasteiger partial charge in [0.25, 0.3) is 0 Å². The van der Waals surface area contributed by atoms with Crippen LogP contribution in [0.25, 0.3) is 11.1 Å². The fourth-order valence-electron chi connectivity index (χ4n) is 5.04. The van der Waals surface area contributed by atoms with Gasteiger partial charge in [0.2, 0.25) is 0 Å². The van der Waals surface area contributed by atoms with Gasteiger partial charge in [-0.05, 0) is 61.6 Å². The van der Waals surface area contributed by atoms with Gasteiger partial charge in [0.1, 0.15) is 0 Å². The zero-order chi connectivity index (χ0) is 23.7. The summed E-state index contributed by atoms with van der Waals surface area (Å²) in [6, 6.07) is 4.25. The molecule has 4 heterocycles. The third-order valence-electron chi connectivity index (χ3n) is 6.77. The van der Waals surface area contributed by atoms with Crippen molar-refractivity contribution in [1.29, 1.82) is 0 Å². The van der Waals surface area contributed by atoms with Crippen LogP contribution in [0.3, 0.4) is 0 Å². The lowest BCUT2D eigenvalue weighted by molar-refractivity contribution is -0.138. The fraction of sp³-hybridized carbons (Fsp3) is 0.458. The molecule has 3 aliphatic rings. The largest absolute Gasteiger partial charge is 0.481 e. The van der Waals surface area contributed by atoms with Gasteiger partial charge in [0.15, 0.2) is 5.58 Å². The number of piperidine rings is 1. The number of oxazole rings is 1. The number of benzene rings is 1. The first kappa shape index (κ1) is 22.3. The molecule has 3 aliphatic heterocycles. The molecule has 2 atom stereocenters. The number of nitrogens with zero attached hydrogens (tertiary/aromatic N) is 2. The summed E-state index contributed by atoms with van der Waals surface area (Å²) < 4.78 is 5.13. The monoisotopic (exact) mass is 467 g/mol. The molecule has 0 spiro atoms. The summed E-state index contributed by atoms with van der Waals surface area (Å²) in [4.78, 5) is 42.2. The predicted molar refractivity (Wildman–Crippen MR) is 125 cm³/mol. The van der Waals surface area contributed by atoms with Crippen LogP contribution in [-0.4, -0.2) is 64.2 Å². The molecule has 2 aromatic rings. The maximum absolute atomic E-state index is 13.2. The highest BCUT2D eigenvalue weighted by Gasteiger charge is 2.35. The van der Waals surface area contributed by atoms with Gasteiger partial charge >= 0.3 is 17.8 Å². The van der Waals surface area contributed by atoms with E-state index < -0.39 is 17.8 Å². The Balaban J connectivity index is 1.23. The predicted octanol–water partition coefficient (Wildman–Crippen LogP) is 2.28. The van der Waals surface area contributed by atoms with Gasteiger partial charge in [-0.15, -0.1) is 0 Å². The second-order valence-electron chi connectivity index (χ2n) is 9.02. The molecule has 1 unspecified atom stereocenters. The Morgan fingerprint density at radius 3 is 2.97 bits per heavy atom. The smallest absolute Gasteiger partial charge is 0.417 e. The third kappa shape index (κ3) is 4.58. The number of hydrogen-bond donors (Lipinski definition) is 4. The number of fused-ring (bicyclic) bond motifs is 2. The number of carbonyl (C=O) groups excluding carboxylic acids is 1. The van der Waals surface area contributed by atoms with Gasteiger partial charge < -0.3 is 24.6 Å². The standard InChI is InChI=1S/C24H29N5O5/c30-21(31)14-19(16-6-8-18-20(13-16)34-23(32)27-18)29-12-11-28(24(29)33)10-2-4-17-7-5-15-3-1-9-25-22(15)26-17/h5-8,13,19,22,25-26H,1-4,9-12,14H2,(H,27,32)(H,30,31)/t19-,22?/m0/s1. The molecule has 2 fully saturated rings. The van der Waals surface area contributed by atoms with Gasteiger partial charge in [-0.2, -0.15) is 0 Å². The van der Waals surface area contributed by atoms with Gasteiger partial charge in [-0.1, -0.05) is 12.1 Å². The van der Waals surface area contributed by atoms with E-state index in [4.69, 9.17) is 4.42 Å². The van der Waals surface area contributed by atoms with Crippen molar-refractivity contribution in [3.8, 4) is 0 Å². The van der Waals surface area contributed by atoms with Crippen molar-refractivity contribution in [2.45, 2.75) is 44.3 Å². The minimum absolute atomic E-state index is 0.163. The topological polar surface area (TPSA) is 131 Å². The molecule has 1 aromatic carbocycles. The van der Waals surface area contributed by atoms with Crippen LogP contribution in [0.2, 0.25) is 0 Å². The van der Waals surface area contributed by atoms with E-state index in [-0.39, 0.29) is 18.6 Å². The molecule has 0 bridgehead atoms. The number of rotatable bonds is 8. The minimum atomic E-state index is -0.995. The Hall–Kier alpha value is -3.53. The second kappa shape index (κ2) is 9.38. The number of aromatic nitrogens is 1. The number of H-pyrrole nitrogens is 1. The number of hydrogen-bond acceptors (Lipinski definition) is 6. The van der Waals surface area contributed by atoms with E-state index in [9.17, 15) is 19.5 Å². The van der Waals surface area contributed by atoms with E-state index in [2.05, 4.69) is 27.8 Å². The van der Waals surface area contributed by atoms with Gasteiger partial charge in [0.05, 0.1) is 24.1 Å². The molecule has 34 heavy (non-hydrogen) atoms. The van der Waals surface area contributed by atoms with E-state index in [0.717, 1.165) is 37.9 Å². The highest BCUT2D eigenvalue weighted by Crippen LogP contribution is 2.30. The summed E-state index contributed by atoms with van der Waals surface area (Å²) in [6.07, 6.45) is 8.27. The van der Waals surface area contributed by atoms with E-state index in [1.807, 2.05) is 0 Å². The Bertz CT molecular complexity index is 1210. The van der Waals surface area contributed by atoms with Crippen molar-refractivity contribution in [2.75, 3.05) is 26.2 Å². The molecule has 0 saturated carbocycles. The molecule has 5 rings (SSSR count). The highest BCUT2D eigenvalue weighted by atomic mass is 16.4. The van der Waals surface area contributed by atoms with Gasteiger partial charge in [0, 0.05) is 25.3 Å². The van der Waals surface area contributed by atoms with E-state index in [0.29, 0.717) is 36.3 Å². The van der Waals surface area contributed by atoms with Crippen molar-refractivity contribution in [1.82, 2.24) is 25.4 Å². The second-order valence-corrected chi connectivity index (χ2v) is 9.02. The summed E-state index contributed by atoms with van der Waals surface area (Å²) in [5.41, 5.74) is 4.07. The highest BCUT2D eigenvalue weighted by molar-refractivity contribution is 5.79. The number of aromatic amines is 1. The zero-order valence-electron chi connectivity index (χ0n) is 18.9. The van der Waals surface area contributed by atoms with Crippen LogP contribution >= 0.6 is 0 Å². The van der Waals surface area contributed by atoms with Crippen molar-refractivity contribution >= 4 is 23.1 Å². The molecular formula is C24H29N5O5. The Kier molecular flexibility index (Phi) is 6.14. The lowest BCUT2D eigenvalue weighted by Crippen LogP contribution is -2.47. The summed E-state index contributed by atoms with van der Waals surface area (Å²) in [5.74, 6) is -1.56. The molecule has 10 nitrogen and oxygen atoms in total. The van der Waals surface area contributed by atoms with E-state index >= 15 is 0 Å². The zero-order valence-corrected chi connectivity index (χ0v) is 18.9. The number of carboxylic acid groups (broad SMARTS) is 1. The van der Waals surface area contributed by atoms with Crippen LogP contribution in [0.4, 0.5) is 4.79 Å². The summed E-state index contributed by atoms with van der Waals surface area (Å²) in [7, 11) is 0. The fourth-order valence-corrected chi connectivity index (χ4v) is 5.04. The summed E-state index contributed by atoms with van der Waals surface area (Å²) in [6.45, 7) is 2.62.